The van der Waals surface area contributed by atoms with Crippen molar-refractivity contribution in [2.75, 3.05) is 39.4 Å². The number of hydrogen-bond donors (Lipinski definition) is 2. The largest absolute Gasteiger partial charge is 0.469 e. The molecule has 2 unspecified atom stereocenters. The van der Waals surface area contributed by atoms with E-state index in [1.54, 1.807) is 6.26 Å². The van der Waals surface area contributed by atoms with Crippen molar-refractivity contribution in [3.63, 3.8) is 0 Å². The smallest absolute Gasteiger partial charge is 0.223 e. The van der Waals surface area contributed by atoms with Gasteiger partial charge in [0.1, 0.15) is 5.76 Å². The highest BCUT2D eigenvalue weighted by Gasteiger charge is 2.39. The zero-order chi connectivity index (χ0) is 18.5. The third kappa shape index (κ3) is 5.25. The standard InChI is InChI=1S/C20H30N4O3/c25-19-10-16(13-24(19)17-3-4-17)12-23-20(22-11-15-6-9-26-14-15)21-7-5-18-2-1-8-27-18/h1-2,8,15-17H,3-7,9-14H2,(H2,21,22,23). The van der Waals surface area contributed by atoms with E-state index in [0.29, 0.717) is 36.8 Å². The Morgan fingerprint density at radius 2 is 2.19 bits per heavy atom. The predicted octanol–water partition coefficient (Wildman–Crippen LogP) is 1.40. The molecule has 0 radical (unpaired) electrons. The molecule has 1 aromatic rings. The van der Waals surface area contributed by atoms with Gasteiger partial charge in [0.05, 0.1) is 12.9 Å². The SMILES string of the molecule is O=C1CC(CN=C(NCCc2ccco2)NCC2CCOC2)CN1C1CC1. The lowest BCUT2D eigenvalue weighted by Crippen LogP contribution is -2.41. The zero-order valence-electron chi connectivity index (χ0n) is 15.9. The molecule has 0 aromatic carbocycles. The van der Waals surface area contributed by atoms with Crippen LogP contribution >= 0.6 is 0 Å². The van der Waals surface area contributed by atoms with E-state index in [2.05, 4.69) is 15.5 Å². The topological polar surface area (TPSA) is 79.1 Å². The molecular weight excluding hydrogens is 344 g/mol. The lowest BCUT2D eigenvalue weighted by atomic mass is 10.1. The van der Waals surface area contributed by atoms with Gasteiger partial charge in [-0.2, -0.15) is 0 Å². The number of amides is 1. The van der Waals surface area contributed by atoms with E-state index in [4.69, 9.17) is 14.1 Å². The molecule has 3 heterocycles. The molecule has 2 aliphatic heterocycles. The van der Waals surface area contributed by atoms with Gasteiger partial charge >= 0.3 is 0 Å². The van der Waals surface area contributed by atoms with Gasteiger partial charge in [-0.1, -0.05) is 0 Å². The number of nitrogens with zero attached hydrogens (tertiary/aromatic N) is 2. The fourth-order valence-corrected chi connectivity index (χ4v) is 3.81. The van der Waals surface area contributed by atoms with Crippen LogP contribution in [0.2, 0.25) is 0 Å². The minimum atomic E-state index is 0.307. The van der Waals surface area contributed by atoms with E-state index < -0.39 is 0 Å². The maximum Gasteiger partial charge on any atom is 0.223 e. The first kappa shape index (κ1) is 18.3. The number of guanidine groups is 1. The highest BCUT2D eigenvalue weighted by atomic mass is 16.5. The van der Waals surface area contributed by atoms with Gasteiger partial charge in [-0.15, -0.1) is 0 Å². The number of rotatable bonds is 8. The van der Waals surface area contributed by atoms with Crippen LogP contribution < -0.4 is 10.6 Å². The summed E-state index contributed by atoms with van der Waals surface area (Å²) in [6, 6.07) is 4.40. The predicted molar refractivity (Wildman–Crippen MR) is 102 cm³/mol. The van der Waals surface area contributed by atoms with Crippen LogP contribution in [0, 0.1) is 11.8 Å². The van der Waals surface area contributed by atoms with E-state index in [-0.39, 0.29) is 0 Å². The first-order valence-corrected chi connectivity index (χ1v) is 10.2. The lowest BCUT2D eigenvalue weighted by Gasteiger charge is -2.16. The molecule has 2 N–H and O–H groups in total. The summed E-state index contributed by atoms with van der Waals surface area (Å²) >= 11 is 0. The molecule has 1 aromatic heterocycles. The first-order chi connectivity index (χ1) is 13.3. The molecular formula is C20H30N4O3. The number of nitrogens with one attached hydrogen (secondary N) is 2. The Hall–Kier alpha value is -2.02. The highest BCUT2D eigenvalue weighted by Crippen LogP contribution is 2.32. The summed E-state index contributed by atoms with van der Waals surface area (Å²) in [7, 11) is 0. The fraction of sp³-hybridized carbons (Fsp3) is 0.700. The Bertz CT molecular complexity index is 636. The maximum atomic E-state index is 12.1. The average Bonchev–Trinajstić information content (AvgIpc) is 3.05. The second-order valence-electron chi connectivity index (χ2n) is 7.90. The van der Waals surface area contributed by atoms with Crippen molar-refractivity contribution in [2.24, 2.45) is 16.8 Å². The molecule has 4 rings (SSSR count). The number of hydrogen-bond acceptors (Lipinski definition) is 4. The number of aliphatic imine (C=N–C) groups is 1. The van der Waals surface area contributed by atoms with Crippen LogP contribution in [0.1, 0.15) is 31.4 Å². The molecule has 7 heteroatoms. The molecule has 3 aliphatic rings. The second-order valence-corrected chi connectivity index (χ2v) is 7.90. The van der Waals surface area contributed by atoms with E-state index in [9.17, 15) is 4.79 Å². The molecule has 2 saturated heterocycles. The molecule has 2 atom stereocenters. The lowest BCUT2D eigenvalue weighted by molar-refractivity contribution is -0.128. The van der Waals surface area contributed by atoms with Crippen molar-refractivity contribution >= 4 is 11.9 Å². The van der Waals surface area contributed by atoms with Crippen molar-refractivity contribution in [3.8, 4) is 0 Å². The summed E-state index contributed by atoms with van der Waals surface area (Å²) in [5, 5.41) is 6.86. The van der Waals surface area contributed by atoms with Gasteiger partial charge in [0.2, 0.25) is 5.91 Å². The second kappa shape index (κ2) is 8.78. The van der Waals surface area contributed by atoms with Crippen molar-refractivity contribution in [3.05, 3.63) is 24.2 Å². The van der Waals surface area contributed by atoms with Gasteiger partial charge < -0.3 is 24.7 Å². The van der Waals surface area contributed by atoms with E-state index in [1.165, 1.54) is 12.8 Å². The third-order valence-electron chi connectivity index (χ3n) is 5.56. The van der Waals surface area contributed by atoms with Gasteiger partial charge in [-0.05, 0) is 31.4 Å². The molecule has 0 spiro atoms. The molecule has 148 valence electrons. The van der Waals surface area contributed by atoms with Crippen molar-refractivity contribution in [2.45, 2.75) is 38.1 Å². The maximum absolute atomic E-state index is 12.1. The monoisotopic (exact) mass is 374 g/mol. The van der Waals surface area contributed by atoms with Gasteiger partial charge in [0.15, 0.2) is 5.96 Å². The molecule has 1 saturated carbocycles. The van der Waals surface area contributed by atoms with Crippen LogP contribution in [-0.4, -0.2) is 62.2 Å². The fourth-order valence-electron chi connectivity index (χ4n) is 3.81. The molecule has 1 amide bonds. The number of carbonyl (C=O) groups is 1. The summed E-state index contributed by atoms with van der Waals surface area (Å²) in [4.78, 5) is 19.0. The van der Waals surface area contributed by atoms with Gasteiger partial charge in [0, 0.05) is 63.5 Å². The van der Waals surface area contributed by atoms with Crippen LogP contribution in [-0.2, 0) is 16.0 Å². The minimum absolute atomic E-state index is 0.307. The Kier molecular flexibility index (Phi) is 5.97. The van der Waals surface area contributed by atoms with Crippen LogP contribution in [0.4, 0.5) is 0 Å². The Morgan fingerprint density at radius 3 is 2.93 bits per heavy atom. The highest BCUT2D eigenvalue weighted by molar-refractivity contribution is 5.81. The summed E-state index contributed by atoms with van der Waals surface area (Å²) in [6.45, 7) is 4.85. The number of likely N-dealkylation sites (tertiary alicyclic amines) is 1. The van der Waals surface area contributed by atoms with Crippen molar-refractivity contribution in [1.82, 2.24) is 15.5 Å². The first-order valence-electron chi connectivity index (χ1n) is 10.2. The number of ether oxygens (including phenoxy) is 1. The number of furan rings is 1. The Morgan fingerprint density at radius 1 is 1.26 bits per heavy atom. The Balaban J connectivity index is 1.28. The quantitative estimate of drug-likeness (QED) is 0.531. The molecule has 1 aliphatic carbocycles. The van der Waals surface area contributed by atoms with E-state index in [1.807, 2.05) is 12.1 Å². The van der Waals surface area contributed by atoms with Crippen molar-refractivity contribution < 1.29 is 13.9 Å². The van der Waals surface area contributed by atoms with E-state index >= 15 is 0 Å². The van der Waals surface area contributed by atoms with Gasteiger partial charge in [-0.3, -0.25) is 9.79 Å². The molecule has 27 heavy (non-hydrogen) atoms. The van der Waals surface area contributed by atoms with Crippen molar-refractivity contribution in [1.29, 1.82) is 0 Å². The van der Waals surface area contributed by atoms with Crippen LogP contribution in [0.5, 0.6) is 0 Å². The molecule has 0 bridgehead atoms. The van der Waals surface area contributed by atoms with Crippen LogP contribution in [0.3, 0.4) is 0 Å². The summed E-state index contributed by atoms with van der Waals surface area (Å²) in [6.07, 6.45) is 6.60. The summed E-state index contributed by atoms with van der Waals surface area (Å²) < 4.78 is 10.8. The number of carbonyl (C=O) groups excluding carboxylic acids is 1. The summed E-state index contributed by atoms with van der Waals surface area (Å²) in [5.41, 5.74) is 0. The third-order valence-corrected chi connectivity index (χ3v) is 5.56. The molecule has 7 nitrogen and oxygen atoms in total. The molecule has 3 fully saturated rings. The summed E-state index contributed by atoms with van der Waals surface area (Å²) in [5.74, 6) is 2.97. The zero-order valence-corrected chi connectivity index (χ0v) is 15.9. The van der Waals surface area contributed by atoms with E-state index in [0.717, 1.165) is 57.4 Å². The minimum Gasteiger partial charge on any atom is -0.469 e. The van der Waals surface area contributed by atoms with Crippen LogP contribution in [0.15, 0.2) is 27.8 Å². The normalized spacial score (nSPS) is 26.0. The Labute approximate surface area is 160 Å². The average molecular weight is 374 g/mol. The van der Waals surface area contributed by atoms with Gasteiger partial charge in [0.25, 0.3) is 0 Å². The van der Waals surface area contributed by atoms with Crippen LogP contribution in [0.25, 0.3) is 0 Å². The van der Waals surface area contributed by atoms with Gasteiger partial charge in [-0.25, -0.2) is 0 Å².